The normalized spacial score (nSPS) is 13.4. The van der Waals surface area contributed by atoms with Crippen LogP contribution in [0.25, 0.3) is 5.76 Å². The molecule has 0 saturated carbocycles. The van der Waals surface area contributed by atoms with E-state index in [-0.39, 0.29) is 18.0 Å². The van der Waals surface area contributed by atoms with Crippen LogP contribution in [-0.2, 0) is 6.42 Å². The smallest absolute Gasteiger partial charge is 0.135 e. The first kappa shape index (κ1) is 16.4. The Labute approximate surface area is 143 Å². The van der Waals surface area contributed by atoms with Gasteiger partial charge in [-0.3, -0.25) is 4.98 Å². The van der Waals surface area contributed by atoms with Crippen molar-refractivity contribution in [3.8, 4) is 0 Å². The molecule has 2 N–H and O–H groups in total. The first-order valence-corrected chi connectivity index (χ1v) is 8.32. The number of hydrogen-bond donors (Lipinski definition) is 2. The van der Waals surface area contributed by atoms with Crippen LogP contribution in [0.5, 0.6) is 0 Å². The van der Waals surface area contributed by atoms with E-state index in [1.165, 1.54) is 23.6 Å². The van der Waals surface area contributed by atoms with Crippen molar-refractivity contribution in [2.75, 3.05) is 0 Å². The van der Waals surface area contributed by atoms with Gasteiger partial charge in [-0.2, -0.15) is 0 Å². The standard InChI is InChI=1S/C19H16FNO2S/c20-16-7-2-1-5-13(16)11-15(19(23)17-8-4-10-24-17)18(22)14-6-3-9-21-12-14/h1-10,12,18,22-23H,11H2/b19-15+. The molecule has 1 aromatic carbocycles. The van der Waals surface area contributed by atoms with E-state index in [2.05, 4.69) is 4.98 Å². The zero-order chi connectivity index (χ0) is 16.9. The van der Waals surface area contributed by atoms with E-state index in [1.54, 1.807) is 42.6 Å². The molecule has 0 aliphatic rings. The van der Waals surface area contributed by atoms with Gasteiger partial charge in [0.1, 0.15) is 17.7 Å². The van der Waals surface area contributed by atoms with E-state index in [0.717, 1.165) is 0 Å². The van der Waals surface area contributed by atoms with Crippen LogP contribution in [0.3, 0.4) is 0 Å². The monoisotopic (exact) mass is 341 g/mol. The Bertz CT molecular complexity index is 832. The van der Waals surface area contributed by atoms with Gasteiger partial charge in [-0.1, -0.05) is 30.3 Å². The molecule has 0 radical (unpaired) electrons. The third-order valence-electron chi connectivity index (χ3n) is 3.73. The molecule has 0 fully saturated rings. The molecule has 0 aliphatic heterocycles. The first-order valence-electron chi connectivity index (χ1n) is 7.44. The molecule has 2 heterocycles. The number of pyridine rings is 1. The molecule has 0 amide bonds. The molecule has 1 atom stereocenters. The lowest BCUT2D eigenvalue weighted by molar-refractivity contribution is 0.210. The Hall–Kier alpha value is -2.50. The molecule has 0 spiro atoms. The highest BCUT2D eigenvalue weighted by Crippen LogP contribution is 2.32. The van der Waals surface area contributed by atoms with Gasteiger partial charge in [-0.05, 0) is 29.1 Å². The zero-order valence-electron chi connectivity index (χ0n) is 12.8. The van der Waals surface area contributed by atoms with E-state index in [0.29, 0.717) is 21.6 Å². The maximum atomic E-state index is 14.0. The van der Waals surface area contributed by atoms with Gasteiger partial charge in [0.25, 0.3) is 0 Å². The Morgan fingerprint density at radius 2 is 1.96 bits per heavy atom. The predicted molar refractivity (Wildman–Crippen MR) is 93.2 cm³/mol. The average Bonchev–Trinajstić information content (AvgIpc) is 3.15. The number of hydrogen-bond acceptors (Lipinski definition) is 4. The molecule has 122 valence electrons. The number of aliphatic hydroxyl groups is 2. The summed E-state index contributed by atoms with van der Waals surface area (Å²) in [5, 5.41) is 23.2. The highest BCUT2D eigenvalue weighted by molar-refractivity contribution is 7.11. The van der Waals surface area contributed by atoms with Crippen molar-refractivity contribution >= 4 is 17.1 Å². The summed E-state index contributed by atoms with van der Waals surface area (Å²) >= 11 is 1.36. The minimum Gasteiger partial charge on any atom is -0.506 e. The fourth-order valence-electron chi connectivity index (χ4n) is 2.47. The van der Waals surface area contributed by atoms with Gasteiger partial charge < -0.3 is 10.2 Å². The van der Waals surface area contributed by atoms with E-state index >= 15 is 0 Å². The summed E-state index contributed by atoms with van der Waals surface area (Å²) in [7, 11) is 0. The Morgan fingerprint density at radius 3 is 2.62 bits per heavy atom. The van der Waals surface area contributed by atoms with E-state index in [4.69, 9.17) is 0 Å². The number of aliphatic hydroxyl groups excluding tert-OH is 2. The summed E-state index contributed by atoms with van der Waals surface area (Å²) in [4.78, 5) is 4.63. The third-order valence-corrected chi connectivity index (χ3v) is 4.60. The zero-order valence-corrected chi connectivity index (χ0v) is 13.6. The molecule has 3 aromatic rings. The topological polar surface area (TPSA) is 53.4 Å². The second-order valence-corrected chi connectivity index (χ2v) is 6.26. The Morgan fingerprint density at radius 1 is 1.12 bits per heavy atom. The largest absolute Gasteiger partial charge is 0.506 e. The van der Waals surface area contributed by atoms with Crippen molar-refractivity contribution in [1.82, 2.24) is 4.98 Å². The molecule has 0 saturated heterocycles. The van der Waals surface area contributed by atoms with Crippen molar-refractivity contribution in [2.45, 2.75) is 12.5 Å². The molecule has 1 unspecified atom stereocenters. The highest BCUT2D eigenvalue weighted by Gasteiger charge is 2.21. The number of rotatable bonds is 5. The van der Waals surface area contributed by atoms with Crippen LogP contribution in [0.1, 0.15) is 22.1 Å². The quantitative estimate of drug-likeness (QED) is 0.671. The predicted octanol–water partition coefficient (Wildman–Crippen LogP) is 4.53. The van der Waals surface area contributed by atoms with Crippen molar-refractivity contribution in [3.63, 3.8) is 0 Å². The van der Waals surface area contributed by atoms with Gasteiger partial charge in [0, 0.05) is 30.0 Å². The van der Waals surface area contributed by atoms with Gasteiger partial charge in [-0.25, -0.2) is 4.39 Å². The minimum atomic E-state index is -1.07. The van der Waals surface area contributed by atoms with Crippen LogP contribution in [0.2, 0.25) is 0 Å². The summed E-state index contributed by atoms with van der Waals surface area (Å²) in [6, 6.07) is 13.4. The number of aromatic nitrogens is 1. The second kappa shape index (κ2) is 7.38. The number of benzene rings is 1. The lowest BCUT2D eigenvalue weighted by Gasteiger charge is -2.17. The van der Waals surface area contributed by atoms with Crippen molar-refractivity contribution < 1.29 is 14.6 Å². The van der Waals surface area contributed by atoms with Crippen LogP contribution in [0, 0.1) is 5.82 Å². The molecule has 0 aliphatic carbocycles. The van der Waals surface area contributed by atoms with Crippen LogP contribution in [0.15, 0.2) is 71.9 Å². The summed E-state index contributed by atoms with van der Waals surface area (Å²) in [5.74, 6) is -0.392. The molecule has 3 rings (SSSR count). The molecular weight excluding hydrogens is 325 g/mol. The Kier molecular flexibility index (Phi) is 5.03. The average molecular weight is 341 g/mol. The Balaban J connectivity index is 2.05. The van der Waals surface area contributed by atoms with E-state index < -0.39 is 6.10 Å². The SMILES string of the molecule is O/C(=C(\Cc1ccccc1F)C(O)c1cccnc1)c1cccs1. The van der Waals surface area contributed by atoms with Gasteiger partial charge in [0.15, 0.2) is 0 Å². The second-order valence-electron chi connectivity index (χ2n) is 5.31. The molecule has 0 bridgehead atoms. The fourth-order valence-corrected chi connectivity index (χ4v) is 3.17. The summed E-state index contributed by atoms with van der Waals surface area (Å²) < 4.78 is 14.0. The van der Waals surface area contributed by atoms with Gasteiger partial charge in [0.2, 0.25) is 0 Å². The molecular formula is C19H16FNO2S. The summed E-state index contributed by atoms with van der Waals surface area (Å²) in [6.07, 6.45) is 2.18. The highest BCUT2D eigenvalue weighted by atomic mass is 32.1. The van der Waals surface area contributed by atoms with Crippen molar-refractivity contribution in [3.05, 3.63) is 93.7 Å². The van der Waals surface area contributed by atoms with Crippen molar-refractivity contribution in [2.24, 2.45) is 0 Å². The number of thiophene rings is 1. The third kappa shape index (κ3) is 3.53. The number of nitrogens with zero attached hydrogens (tertiary/aromatic N) is 1. The van der Waals surface area contributed by atoms with Crippen LogP contribution >= 0.6 is 11.3 Å². The van der Waals surface area contributed by atoms with E-state index in [1.807, 2.05) is 11.4 Å². The lowest BCUT2D eigenvalue weighted by atomic mass is 9.94. The summed E-state index contributed by atoms with van der Waals surface area (Å²) in [6.45, 7) is 0. The fraction of sp³-hybridized carbons (Fsp3) is 0.105. The van der Waals surface area contributed by atoms with Gasteiger partial charge in [-0.15, -0.1) is 11.3 Å². The number of halogens is 1. The molecule has 24 heavy (non-hydrogen) atoms. The van der Waals surface area contributed by atoms with E-state index in [9.17, 15) is 14.6 Å². The maximum absolute atomic E-state index is 14.0. The van der Waals surface area contributed by atoms with Gasteiger partial charge >= 0.3 is 0 Å². The molecule has 3 nitrogen and oxygen atoms in total. The lowest BCUT2D eigenvalue weighted by Crippen LogP contribution is -2.08. The van der Waals surface area contributed by atoms with Gasteiger partial charge in [0.05, 0.1) is 4.88 Å². The molecule has 5 heteroatoms. The molecule has 2 aromatic heterocycles. The van der Waals surface area contributed by atoms with Crippen LogP contribution < -0.4 is 0 Å². The maximum Gasteiger partial charge on any atom is 0.135 e. The first-order chi connectivity index (χ1) is 11.7. The van der Waals surface area contributed by atoms with Crippen LogP contribution in [-0.4, -0.2) is 15.2 Å². The summed E-state index contributed by atoms with van der Waals surface area (Å²) in [5.41, 5.74) is 1.31. The van der Waals surface area contributed by atoms with Crippen LogP contribution in [0.4, 0.5) is 4.39 Å². The minimum absolute atomic E-state index is 0.0235. The van der Waals surface area contributed by atoms with Crippen molar-refractivity contribution in [1.29, 1.82) is 0 Å².